The van der Waals surface area contributed by atoms with Gasteiger partial charge in [-0.15, -0.1) is 0 Å². The van der Waals surface area contributed by atoms with Crippen LogP contribution in [0.1, 0.15) is 0 Å². The zero-order valence-corrected chi connectivity index (χ0v) is 24.2. The van der Waals surface area contributed by atoms with Crippen LogP contribution >= 0.6 is 34.8 Å². The van der Waals surface area contributed by atoms with Crippen LogP contribution in [-0.2, 0) is 0 Å². The molecule has 174 valence electrons. The molecule has 0 fully saturated rings. The van der Waals surface area contributed by atoms with Gasteiger partial charge < -0.3 is 0 Å². The Hall–Kier alpha value is -2.21. The smallest absolute Gasteiger partial charge is 0.274 e. The molecule has 0 spiro atoms. The third-order valence-electron chi connectivity index (χ3n) is 4.60. The average Bonchev–Trinajstić information content (AvgIpc) is 2.85. The third kappa shape index (κ3) is 7.64. The minimum absolute atomic E-state index is 0. The number of halogens is 3. The van der Waals surface area contributed by atoms with Crippen LogP contribution in [0.5, 0.6) is 0 Å². The predicted octanol–water partition coefficient (Wildman–Crippen LogP) is 2.09. The van der Waals surface area contributed by atoms with Crippen LogP contribution in [-0.4, -0.2) is 29.5 Å². The van der Waals surface area contributed by atoms with Gasteiger partial charge in [0.2, 0.25) is 0 Å². The number of nitrogens with one attached hydrogen (secondary N) is 1. The van der Waals surface area contributed by atoms with Crippen LogP contribution in [0, 0.1) is 0 Å². The van der Waals surface area contributed by atoms with Gasteiger partial charge in [-0.3, -0.25) is 14.3 Å². The van der Waals surface area contributed by atoms with Crippen molar-refractivity contribution in [2.24, 2.45) is 0 Å². The first-order valence-electron chi connectivity index (χ1n) is 10.0. The van der Waals surface area contributed by atoms with Crippen molar-refractivity contribution in [1.29, 1.82) is 0 Å². The molecular formula is C24H15Cl3KN6O2+. The van der Waals surface area contributed by atoms with Crippen LogP contribution in [0.25, 0.3) is 28.3 Å². The quantitative estimate of drug-likeness (QED) is 0.266. The normalized spacial score (nSPS) is 10.1. The fraction of sp³-hybridized carbons (Fsp3) is 0. The molecule has 0 amide bonds. The van der Waals surface area contributed by atoms with Gasteiger partial charge in [0.25, 0.3) is 5.56 Å². The van der Waals surface area contributed by atoms with Crippen molar-refractivity contribution in [2.75, 3.05) is 0 Å². The van der Waals surface area contributed by atoms with Crippen molar-refractivity contribution >= 4 is 34.8 Å². The zero-order valence-electron chi connectivity index (χ0n) is 18.8. The molecule has 5 aromatic rings. The molecule has 2 aromatic carbocycles. The van der Waals surface area contributed by atoms with Crippen molar-refractivity contribution in [1.82, 2.24) is 29.5 Å². The van der Waals surface area contributed by atoms with Crippen molar-refractivity contribution in [3.8, 4) is 28.3 Å². The van der Waals surface area contributed by atoms with Crippen molar-refractivity contribution in [3.63, 3.8) is 0 Å². The van der Waals surface area contributed by atoms with Crippen molar-refractivity contribution < 1.29 is 51.4 Å². The molecule has 0 aliphatic carbocycles. The number of benzene rings is 2. The van der Waals surface area contributed by atoms with E-state index in [0.29, 0.717) is 26.7 Å². The molecule has 8 nitrogen and oxygen atoms in total. The van der Waals surface area contributed by atoms with Crippen LogP contribution in [0.2, 0.25) is 15.2 Å². The topological polar surface area (TPSA) is 106 Å². The number of aromatic nitrogens is 6. The summed E-state index contributed by atoms with van der Waals surface area (Å²) in [6.07, 6.45) is 4.15. The molecule has 0 saturated carbocycles. The summed E-state index contributed by atoms with van der Waals surface area (Å²) in [4.78, 5) is 41.1. The van der Waals surface area contributed by atoms with Gasteiger partial charge in [-0.25, -0.2) is 24.7 Å². The Morgan fingerprint density at radius 1 is 0.694 bits per heavy atom. The minimum Gasteiger partial charge on any atom is -0.274 e. The standard InChI is InChI=1S/C14H9ClN4O2.C10H6Cl2N2.K/c15-10-3-1-2-9(6-10)11-7-12(17-8-16-11)19-5-4-13(20)18-14(19)21;11-8-3-1-2-7(4-8)9-5-10(12)14-6-13-9;/h1-8H,(H,18,20,21);1-6H;/q;;+1. The van der Waals surface area contributed by atoms with Gasteiger partial charge in [0.15, 0.2) is 0 Å². The molecule has 3 heterocycles. The maximum atomic E-state index is 11.8. The van der Waals surface area contributed by atoms with Crippen molar-refractivity contribution in [3.05, 3.63) is 122 Å². The monoisotopic (exact) mass is 563 g/mol. The first-order valence-corrected chi connectivity index (χ1v) is 11.2. The fourth-order valence-electron chi connectivity index (χ4n) is 3.02. The summed E-state index contributed by atoms with van der Waals surface area (Å²) in [6.45, 7) is 0. The van der Waals surface area contributed by atoms with E-state index in [4.69, 9.17) is 34.8 Å². The van der Waals surface area contributed by atoms with E-state index in [2.05, 4.69) is 24.9 Å². The first-order chi connectivity index (χ1) is 16.9. The van der Waals surface area contributed by atoms with Gasteiger partial charge in [-0.05, 0) is 24.3 Å². The summed E-state index contributed by atoms with van der Waals surface area (Å²) in [5, 5.41) is 1.70. The molecule has 5 rings (SSSR count). The summed E-state index contributed by atoms with van der Waals surface area (Å²) < 4.78 is 1.23. The number of hydrogen-bond acceptors (Lipinski definition) is 6. The molecule has 0 atom stereocenters. The van der Waals surface area contributed by atoms with Gasteiger partial charge in [0.1, 0.15) is 23.6 Å². The first kappa shape index (κ1) is 28.4. The number of hydrogen-bond donors (Lipinski definition) is 1. The van der Waals surface area contributed by atoms with E-state index in [9.17, 15) is 9.59 Å². The number of H-pyrrole nitrogens is 1. The molecule has 0 bridgehead atoms. The Morgan fingerprint density at radius 3 is 1.83 bits per heavy atom. The van der Waals surface area contributed by atoms with Crippen LogP contribution in [0.4, 0.5) is 0 Å². The Bertz CT molecular complexity index is 1570. The Morgan fingerprint density at radius 2 is 1.28 bits per heavy atom. The number of aromatic amines is 1. The van der Waals surface area contributed by atoms with Gasteiger partial charge in [0, 0.05) is 45.6 Å². The average molecular weight is 565 g/mol. The molecule has 0 saturated heterocycles. The number of nitrogens with zero attached hydrogens (tertiary/aromatic N) is 5. The number of rotatable bonds is 3. The van der Waals surface area contributed by atoms with Crippen LogP contribution < -0.4 is 62.6 Å². The van der Waals surface area contributed by atoms with E-state index in [1.165, 1.54) is 29.5 Å². The molecular weight excluding hydrogens is 550 g/mol. The molecule has 0 radical (unpaired) electrons. The second-order valence-corrected chi connectivity index (χ2v) is 8.25. The maximum Gasteiger partial charge on any atom is 1.00 e. The molecule has 36 heavy (non-hydrogen) atoms. The summed E-state index contributed by atoms with van der Waals surface area (Å²) in [6, 6.07) is 19.2. The summed E-state index contributed by atoms with van der Waals surface area (Å²) in [7, 11) is 0. The molecule has 12 heteroatoms. The molecule has 0 unspecified atom stereocenters. The van der Waals surface area contributed by atoms with Gasteiger partial charge >= 0.3 is 57.1 Å². The van der Waals surface area contributed by atoms with Crippen LogP contribution in [0.3, 0.4) is 0 Å². The molecule has 3 aromatic heterocycles. The van der Waals surface area contributed by atoms with E-state index in [1.807, 2.05) is 36.4 Å². The van der Waals surface area contributed by atoms with E-state index in [0.717, 1.165) is 16.8 Å². The second-order valence-electron chi connectivity index (χ2n) is 6.99. The van der Waals surface area contributed by atoms with E-state index >= 15 is 0 Å². The Labute approximate surface area is 262 Å². The van der Waals surface area contributed by atoms with Gasteiger partial charge in [-0.1, -0.05) is 59.1 Å². The second kappa shape index (κ2) is 13.4. The summed E-state index contributed by atoms with van der Waals surface area (Å²) in [5.74, 6) is 0.362. The van der Waals surface area contributed by atoms with E-state index in [1.54, 1.807) is 24.3 Å². The maximum absolute atomic E-state index is 11.8. The van der Waals surface area contributed by atoms with Crippen LogP contribution in [0.15, 0.2) is 95.2 Å². The summed E-state index contributed by atoms with van der Waals surface area (Å²) in [5.41, 5.74) is 2.12. The SMILES string of the molecule is Clc1cccc(-c2cc(Cl)ncn2)c1.O=c1ccn(-c2cc(-c3cccc(Cl)c3)ncn2)c(=O)[nH]1.[K+]. The zero-order chi connectivity index (χ0) is 24.8. The Balaban J connectivity index is 0.000000210. The third-order valence-corrected chi connectivity index (χ3v) is 5.27. The summed E-state index contributed by atoms with van der Waals surface area (Å²) >= 11 is 17.6. The van der Waals surface area contributed by atoms with E-state index < -0.39 is 11.2 Å². The van der Waals surface area contributed by atoms with Crippen molar-refractivity contribution in [2.45, 2.75) is 0 Å². The molecule has 0 aliphatic rings. The molecule has 1 N–H and O–H groups in total. The minimum atomic E-state index is -0.557. The Kier molecular flexibility index (Phi) is 10.5. The van der Waals surface area contributed by atoms with Gasteiger partial charge in [-0.2, -0.15) is 0 Å². The predicted molar refractivity (Wildman–Crippen MR) is 136 cm³/mol. The largest absolute Gasteiger partial charge is 1.00 e. The molecule has 0 aliphatic heterocycles. The van der Waals surface area contributed by atoms with E-state index in [-0.39, 0.29) is 51.4 Å². The van der Waals surface area contributed by atoms with Gasteiger partial charge in [0.05, 0.1) is 11.4 Å². The fourth-order valence-corrected chi connectivity index (χ4v) is 3.55.